The second kappa shape index (κ2) is 17.2. The number of nitrogens with zero attached hydrogens (tertiary/aromatic N) is 3. The van der Waals surface area contributed by atoms with E-state index in [1.807, 2.05) is 6.07 Å². The molecular weight excluding hydrogens is 686 g/mol. The molecule has 0 radical (unpaired) electrons. The minimum atomic E-state index is -1.69. The molecule has 52 heavy (non-hydrogen) atoms. The Hall–Kier alpha value is -4.65. The molecule has 3 atom stereocenters. The van der Waals surface area contributed by atoms with Gasteiger partial charge in [-0.05, 0) is 79.6 Å². The van der Waals surface area contributed by atoms with E-state index >= 15 is 0 Å². The number of carbonyl (C=O) groups is 5. The number of hydrogen-bond acceptors (Lipinski definition) is 8. The molecule has 2 aliphatic rings. The van der Waals surface area contributed by atoms with Gasteiger partial charge in [0, 0.05) is 55.8 Å². The van der Waals surface area contributed by atoms with Crippen molar-refractivity contribution >= 4 is 46.7 Å². The number of aliphatic hydroxyl groups is 2. The second-order valence-corrected chi connectivity index (χ2v) is 14.2. The van der Waals surface area contributed by atoms with E-state index in [4.69, 9.17) is 11.6 Å². The van der Waals surface area contributed by atoms with Gasteiger partial charge in [-0.15, -0.1) is 0 Å². The standard InChI is InChI=1S/C39H46ClN5O7/c1-25(46)32(43-38(52)39(17-3-4-18-39)19-21-42-26(2)47)22-27-7-13-31(14-8-27)44-36(29-9-11-30(40)12-10-29)45(34(48)15-16-35(49)50)33(37(44)51)23-28-6-5-20-41-24-28/h5-14,20,24,32-33,35-36,49-50H,3-4,15-19,21-23H2,1-2H3,(H,42,47)(H,43,52). The van der Waals surface area contributed by atoms with Crippen LogP contribution in [0.2, 0.25) is 5.02 Å². The molecule has 0 spiro atoms. The number of carbonyl (C=O) groups excluding carboxylic acids is 5. The average Bonchev–Trinajstić information content (AvgIpc) is 3.71. The summed E-state index contributed by atoms with van der Waals surface area (Å²) in [5, 5.41) is 25.4. The first-order valence-corrected chi connectivity index (χ1v) is 18.1. The largest absolute Gasteiger partial charge is 0.368 e. The maximum absolute atomic E-state index is 14.4. The van der Waals surface area contributed by atoms with Gasteiger partial charge in [-0.2, -0.15) is 0 Å². The van der Waals surface area contributed by atoms with Gasteiger partial charge in [0.1, 0.15) is 12.2 Å². The number of Topliss-reactive ketones (excluding diaryl/α,β-unsaturated/α-hetero) is 1. The first-order valence-electron chi connectivity index (χ1n) is 17.7. The summed E-state index contributed by atoms with van der Waals surface area (Å²) in [7, 11) is 0. The number of aliphatic hydroxyl groups excluding tert-OH is 1. The van der Waals surface area contributed by atoms with Crippen LogP contribution in [0, 0.1) is 5.41 Å². The zero-order valence-electron chi connectivity index (χ0n) is 29.5. The number of benzene rings is 2. The highest BCUT2D eigenvalue weighted by molar-refractivity contribution is 6.30. The summed E-state index contributed by atoms with van der Waals surface area (Å²) in [5.74, 6) is -1.28. The maximum atomic E-state index is 14.4. The van der Waals surface area contributed by atoms with E-state index in [-0.39, 0.29) is 49.2 Å². The molecule has 2 fully saturated rings. The Bertz CT molecular complexity index is 1730. The van der Waals surface area contributed by atoms with Crippen molar-refractivity contribution < 1.29 is 34.2 Å². The fourth-order valence-corrected chi connectivity index (χ4v) is 7.41. The Labute approximate surface area is 308 Å². The summed E-state index contributed by atoms with van der Waals surface area (Å²) in [4.78, 5) is 73.4. The molecule has 2 heterocycles. The van der Waals surface area contributed by atoms with Crippen LogP contribution in [0.1, 0.15) is 81.6 Å². The van der Waals surface area contributed by atoms with Crippen molar-refractivity contribution in [3.05, 3.63) is 94.8 Å². The van der Waals surface area contributed by atoms with E-state index in [1.54, 1.807) is 71.9 Å². The molecular formula is C39H46ClN5O7. The molecule has 4 amide bonds. The molecule has 276 valence electrons. The van der Waals surface area contributed by atoms with Gasteiger partial charge >= 0.3 is 0 Å². The van der Waals surface area contributed by atoms with E-state index in [2.05, 4.69) is 15.6 Å². The molecule has 1 aliphatic heterocycles. The third kappa shape index (κ3) is 9.22. The lowest BCUT2D eigenvalue weighted by molar-refractivity contribution is -0.138. The smallest absolute Gasteiger partial charge is 0.252 e. The van der Waals surface area contributed by atoms with Gasteiger partial charge in [-0.1, -0.05) is 54.8 Å². The number of hydrogen-bond donors (Lipinski definition) is 4. The molecule has 4 N–H and O–H groups in total. The monoisotopic (exact) mass is 731 g/mol. The highest BCUT2D eigenvalue weighted by Crippen LogP contribution is 2.42. The number of pyridine rings is 1. The van der Waals surface area contributed by atoms with E-state index in [0.29, 0.717) is 42.1 Å². The van der Waals surface area contributed by atoms with Gasteiger partial charge in [0.2, 0.25) is 17.7 Å². The summed E-state index contributed by atoms with van der Waals surface area (Å²) in [5.41, 5.74) is 2.01. The SMILES string of the molecule is CC(=O)NCCC1(C(=O)NC(Cc2ccc(N3C(=O)C(Cc4cccnc4)N(C(=O)CCC(O)O)C3c3ccc(Cl)cc3)cc2)C(C)=O)CCCC1. The van der Waals surface area contributed by atoms with Crippen molar-refractivity contribution in [1.82, 2.24) is 20.5 Å². The number of anilines is 1. The molecule has 1 aromatic heterocycles. The third-order valence-corrected chi connectivity index (χ3v) is 10.3. The first-order chi connectivity index (χ1) is 24.9. The van der Waals surface area contributed by atoms with Crippen molar-refractivity contribution in [2.75, 3.05) is 11.4 Å². The molecule has 3 aromatic rings. The van der Waals surface area contributed by atoms with Gasteiger partial charge in [0.15, 0.2) is 12.1 Å². The summed E-state index contributed by atoms with van der Waals surface area (Å²) in [6.07, 6.45) is 4.42. The molecule has 1 aliphatic carbocycles. The molecule has 5 rings (SSSR count). The first kappa shape index (κ1) is 38.6. The van der Waals surface area contributed by atoms with Crippen molar-refractivity contribution in [3.63, 3.8) is 0 Å². The summed E-state index contributed by atoms with van der Waals surface area (Å²) < 4.78 is 0. The molecule has 2 aromatic carbocycles. The second-order valence-electron chi connectivity index (χ2n) is 13.8. The van der Waals surface area contributed by atoms with Crippen LogP contribution in [-0.2, 0) is 36.8 Å². The Morgan fingerprint density at radius 1 is 0.981 bits per heavy atom. The number of amides is 4. The van der Waals surface area contributed by atoms with Crippen LogP contribution in [0.25, 0.3) is 0 Å². The van der Waals surface area contributed by atoms with Gasteiger partial charge in [0.05, 0.1) is 11.5 Å². The quantitative estimate of drug-likeness (QED) is 0.170. The lowest BCUT2D eigenvalue weighted by Crippen LogP contribution is -2.49. The Morgan fingerprint density at radius 2 is 1.67 bits per heavy atom. The summed E-state index contributed by atoms with van der Waals surface area (Å²) in [6, 6.07) is 15.9. The van der Waals surface area contributed by atoms with Gasteiger partial charge in [-0.25, -0.2) is 0 Å². The minimum Gasteiger partial charge on any atom is -0.368 e. The predicted octanol–water partition coefficient (Wildman–Crippen LogP) is 4.01. The molecule has 1 saturated carbocycles. The van der Waals surface area contributed by atoms with Crippen LogP contribution in [-0.4, -0.2) is 74.4 Å². The highest BCUT2D eigenvalue weighted by atomic mass is 35.5. The summed E-state index contributed by atoms with van der Waals surface area (Å²) >= 11 is 6.22. The van der Waals surface area contributed by atoms with E-state index in [0.717, 1.165) is 24.0 Å². The van der Waals surface area contributed by atoms with Crippen molar-refractivity contribution in [2.45, 2.75) is 96.2 Å². The number of halogens is 1. The number of rotatable bonds is 15. The van der Waals surface area contributed by atoms with Crippen LogP contribution < -0.4 is 15.5 Å². The fourth-order valence-electron chi connectivity index (χ4n) is 7.28. The van der Waals surface area contributed by atoms with Crippen LogP contribution >= 0.6 is 11.6 Å². The van der Waals surface area contributed by atoms with Gasteiger partial charge in [0.25, 0.3) is 5.91 Å². The number of ketones is 1. The molecule has 0 bridgehead atoms. The Balaban J connectivity index is 1.42. The van der Waals surface area contributed by atoms with E-state index in [1.165, 1.54) is 18.7 Å². The van der Waals surface area contributed by atoms with Crippen molar-refractivity contribution in [1.29, 1.82) is 0 Å². The topological polar surface area (TPSA) is 169 Å². The molecule has 12 nitrogen and oxygen atoms in total. The zero-order chi connectivity index (χ0) is 37.4. The number of nitrogens with one attached hydrogen (secondary N) is 2. The minimum absolute atomic E-state index is 0.154. The lowest BCUT2D eigenvalue weighted by Gasteiger charge is -2.32. The summed E-state index contributed by atoms with van der Waals surface area (Å²) in [6.45, 7) is 3.27. The molecule has 1 saturated heterocycles. The normalized spacial score (nSPS) is 18.8. The maximum Gasteiger partial charge on any atom is 0.252 e. The predicted molar refractivity (Wildman–Crippen MR) is 195 cm³/mol. The Kier molecular flexibility index (Phi) is 12.8. The zero-order valence-corrected chi connectivity index (χ0v) is 30.2. The lowest BCUT2D eigenvalue weighted by atomic mass is 9.81. The van der Waals surface area contributed by atoms with Crippen LogP contribution in [0.15, 0.2) is 73.1 Å². The van der Waals surface area contributed by atoms with Crippen LogP contribution in [0.5, 0.6) is 0 Å². The number of aromatic nitrogens is 1. The van der Waals surface area contributed by atoms with Crippen LogP contribution in [0.3, 0.4) is 0 Å². The van der Waals surface area contributed by atoms with Crippen molar-refractivity contribution in [3.8, 4) is 0 Å². The fraction of sp³-hybridized carbons (Fsp3) is 0.436. The molecule has 3 unspecified atom stereocenters. The molecule has 13 heteroatoms. The van der Waals surface area contributed by atoms with E-state index in [9.17, 15) is 34.2 Å². The van der Waals surface area contributed by atoms with Gasteiger partial charge < -0.3 is 25.7 Å². The van der Waals surface area contributed by atoms with Crippen molar-refractivity contribution in [2.24, 2.45) is 5.41 Å². The Morgan fingerprint density at radius 3 is 2.27 bits per heavy atom. The average molecular weight is 732 g/mol. The third-order valence-electron chi connectivity index (χ3n) is 10.1. The van der Waals surface area contributed by atoms with Crippen LogP contribution in [0.4, 0.5) is 5.69 Å². The van der Waals surface area contributed by atoms with Gasteiger partial charge in [-0.3, -0.25) is 33.9 Å². The highest BCUT2D eigenvalue weighted by Gasteiger charge is 2.49. The van der Waals surface area contributed by atoms with E-state index < -0.39 is 35.9 Å².